The summed E-state index contributed by atoms with van der Waals surface area (Å²) in [5, 5.41) is 9.28. The molecule has 0 aliphatic carbocycles. The summed E-state index contributed by atoms with van der Waals surface area (Å²) in [6.07, 6.45) is 8.68. The first-order valence-corrected chi connectivity index (χ1v) is 5.94. The SMILES string of the molecule is C\C1=C/C=C(O)\C=C\CC(C)[Se]1. The van der Waals surface area contributed by atoms with E-state index in [4.69, 9.17) is 0 Å². The summed E-state index contributed by atoms with van der Waals surface area (Å²) in [6, 6.07) is 0. The fourth-order valence-corrected chi connectivity index (χ4v) is 3.12. The zero-order chi connectivity index (χ0) is 8.97. The van der Waals surface area contributed by atoms with Crippen molar-refractivity contribution in [2.45, 2.75) is 25.1 Å². The molecule has 0 saturated carbocycles. The van der Waals surface area contributed by atoms with Gasteiger partial charge in [-0.05, 0) is 0 Å². The third-order valence-corrected chi connectivity index (χ3v) is 3.95. The van der Waals surface area contributed by atoms with Crippen LogP contribution in [-0.4, -0.2) is 20.1 Å². The summed E-state index contributed by atoms with van der Waals surface area (Å²) in [4.78, 5) is 0.740. The van der Waals surface area contributed by atoms with E-state index in [-0.39, 0.29) is 0 Å². The van der Waals surface area contributed by atoms with Crippen LogP contribution in [0.25, 0.3) is 0 Å². The van der Waals surface area contributed by atoms with Crippen molar-refractivity contribution in [3.8, 4) is 0 Å². The van der Waals surface area contributed by atoms with Gasteiger partial charge in [0.25, 0.3) is 0 Å². The molecule has 0 aromatic heterocycles. The summed E-state index contributed by atoms with van der Waals surface area (Å²) in [7, 11) is 0. The average Bonchev–Trinajstić information content (AvgIpc) is 2.05. The van der Waals surface area contributed by atoms with Crippen LogP contribution in [0.3, 0.4) is 0 Å². The molecule has 0 amide bonds. The van der Waals surface area contributed by atoms with Crippen LogP contribution >= 0.6 is 0 Å². The molecule has 1 aliphatic rings. The number of hydrogen-bond acceptors (Lipinski definition) is 1. The van der Waals surface area contributed by atoms with Crippen molar-refractivity contribution in [1.29, 1.82) is 0 Å². The van der Waals surface area contributed by atoms with Crippen LogP contribution < -0.4 is 0 Å². The van der Waals surface area contributed by atoms with E-state index in [9.17, 15) is 5.11 Å². The van der Waals surface area contributed by atoms with Gasteiger partial charge in [0.2, 0.25) is 0 Å². The second-order valence-electron chi connectivity index (χ2n) is 2.94. The summed E-state index contributed by atoms with van der Waals surface area (Å²) >= 11 is 0.575. The van der Waals surface area contributed by atoms with E-state index in [1.807, 2.05) is 12.2 Å². The Kier molecular flexibility index (Phi) is 3.64. The molecule has 1 unspecified atom stereocenters. The second-order valence-corrected chi connectivity index (χ2v) is 6.47. The summed E-state index contributed by atoms with van der Waals surface area (Å²) in [5.41, 5.74) is 0. The standard InChI is InChI=1S/C10H14OSe/c1-8-4-3-5-10(11)7-6-9(2)12-8/h3,5-8,11H,4H2,1-2H3/b5-3+,9-6+,10-7+. The maximum atomic E-state index is 9.28. The minimum absolute atomic E-state index is 0.360. The molecule has 0 aromatic carbocycles. The zero-order valence-corrected chi connectivity index (χ0v) is 9.16. The Morgan fingerprint density at radius 3 is 3.00 bits per heavy atom. The second kappa shape index (κ2) is 4.54. The molecule has 0 bridgehead atoms. The normalized spacial score (nSPS) is 36.3. The zero-order valence-electron chi connectivity index (χ0n) is 7.45. The minimum atomic E-state index is 0.360. The van der Waals surface area contributed by atoms with Crippen LogP contribution in [0.1, 0.15) is 20.3 Å². The predicted octanol–water partition coefficient (Wildman–Crippen LogP) is 2.80. The summed E-state index contributed by atoms with van der Waals surface area (Å²) < 4.78 is 1.39. The van der Waals surface area contributed by atoms with Crippen molar-refractivity contribution in [2.75, 3.05) is 0 Å². The van der Waals surface area contributed by atoms with E-state index in [0.29, 0.717) is 20.7 Å². The van der Waals surface area contributed by atoms with Gasteiger partial charge < -0.3 is 0 Å². The summed E-state index contributed by atoms with van der Waals surface area (Å²) in [5.74, 6) is 0.360. The Labute approximate surface area is 80.0 Å². The molecule has 1 nitrogen and oxygen atoms in total. The average molecular weight is 229 g/mol. The number of hydrogen-bond donors (Lipinski definition) is 1. The molecule has 1 aliphatic heterocycles. The molecule has 0 spiro atoms. The van der Waals surface area contributed by atoms with Crippen molar-refractivity contribution in [3.63, 3.8) is 0 Å². The Balaban J connectivity index is 2.77. The molecule has 0 radical (unpaired) electrons. The van der Waals surface area contributed by atoms with Gasteiger partial charge in [0.1, 0.15) is 0 Å². The first-order valence-electron chi connectivity index (χ1n) is 4.09. The van der Waals surface area contributed by atoms with Crippen molar-refractivity contribution >= 4 is 15.0 Å². The number of aliphatic hydroxyl groups excluding tert-OH is 1. The topological polar surface area (TPSA) is 20.2 Å². The van der Waals surface area contributed by atoms with E-state index >= 15 is 0 Å². The molecule has 2 heteroatoms. The fourth-order valence-electron chi connectivity index (χ4n) is 1.04. The Hall–Kier alpha value is -0.461. The fraction of sp³-hybridized carbons (Fsp3) is 0.400. The van der Waals surface area contributed by atoms with Gasteiger partial charge in [0, 0.05) is 0 Å². The van der Waals surface area contributed by atoms with Crippen molar-refractivity contribution in [3.05, 3.63) is 34.5 Å². The van der Waals surface area contributed by atoms with Gasteiger partial charge in [-0.25, -0.2) is 0 Å². The molecule has 0 saturated heterocycles. The first kappa shape index (κ1) is 9.63. The van der Waals surface area contributed by atoms with Crippen molar-refractivity contribution < 1.29 is 5.11 Å². The van der Waals surface area contributed by atoms with E-state index in [1.54, 1.807) is 12.2 Å². The molecular formula is C10H14OSe. The van der Waals surface area contributed by atoms with Gasteiger partial charge in [-0.1, -0.05) is 0 Å². The van der Waals surface area contributed by atoms with Crippen LogP contribution in [0.15, 0.2) is 34.5 Å². The molecule has 0 aromatic rings. The van der Waals surface area contributed by atoms with Crippen LogP contribution in [0.5, 0.6) is 0 Å². The molecule has 1 rings (SSSR count). The monoisotopic (exact) mass is 230 g/mol. The van der Waals surface area contributed by atoms with Crippen LogP contribution in [0, 0.1) is 0 Å². The van der Waals surface area contributed by atoms with Crippen LogP contribution in [0.4, 0.5) is 0 Å². The van der Waals surface area contributed by atoms with Crippen LogP contribution in [0.2, 0.25) is 4.82 Å². The molecule has 1 atom stereocenters. The maximum absolute atomic E-state index is 9.28. The third-order valence-electron chi connectivity index (χ3n) is 1.63. The van der Waals surface area contributed by atoms with Gasteiger partial charge in [-0.15, -0.1) is 0 Å². The third kappa shape index (κ3) is 3.29. The first-order chi connectivity index (χ1) is 5.68. The Bertz CT molecular complexity index is 238. The van der Waals surface area contributed by atoms with E-state index in [1.165, 1.54) is 4.47 Å². The van der Waals surface area contributed by atoms with E-state index < -0.39 is 0 Å². The molecule has 1 N–H and O–H groups in total. The van der Waals surface area contributed by atoms with Gasteiger partial charge in [0.15, 0.2) is 0 Å². The van der Waals surface area contributed by atoms with Gasteiger partial charge in [-0.3, -0.25) is 0 Å². The molecular weight excluding hydrogens is 215 g/mol. The van der Waals surface area contributed by atoms with E-state index in [0.717, 1.165) is 11.2 Å². The van der Waals surface area contributed by atoms with Crippen LogP contribution in [-0.2, 0) is 0 Å². The predicted molar refractivity (Wildman–Crippen MR) is 53.4 cm³/mol. The van der Waals surface area contributed by atoms with Gasteiger partial charge in [-0.2, -0.15) is 0 Å². The Morgan fingerprint density at radius 1 is 1.50 bits per heavy atom. The van der Waals surface area contributed by atoms with Gasteiger partial charge >= 0.3 is 79.7 Å². The molecule has 66 valence electrons. The Morgan fingerprint density at radius 2 is 2.25 bits per heavy atom. The number of rotatable bonds is 0. The summed E-state index contributed by atoms with van der Waals surface area (Å²) in [6.45, 7) is 4.38. The van der Waals surface area contributed by atoms with E-state index in [2.05, 4.69) is 13.8 Å². The molecule has 0 fully saturated rings. The number of aliphatic hydroxyl groups is 1. The van der Waals surface area contributed by atoms with Gasteiger partial charge in [0.05, 0.1) is 0 Å². The molecule has 1 heterocycles. The number of allylic oxidation sites excluding steroid dienone is 5. The van der Waals surface area contributed by atoms with Crippen molar-refractivity contribution in [1.82, 2.24) is 0 Å². The quantitative estimate of drug-likeness (QED) is 0.633. The molecule has 12 heavy (non-hydrogen) atoms. The van der Waals surface area contributed by atoms with Crippen molar-refractivity contribution in [2.24, 2.45) is 0 Å².